The molecular weight excluding hydrogens is 445 g/mol. The second-order valence-electron chi connectivity index (χ2n) is 6.63. The van der Waals surface area contributed by atoms with Crippen LogP contribution in [0.5, 0.6) is 0 Å². The van der Waals surface area contributed by atoms with Crippen molar-refractivity contribution in [1.29, 1.82) is 0 Å². The topological polar surface area (TPSA) is 141 Å². The molecule has 11 nitrogen and oxygen atoms in total. The molecule has 0 unspecified atom stereocenters. The minimum Gasteiger partial charge on any atom is -0.349 e. The van der Waals surface area contributed by atoms with Gasteiger partial charge in [0.05, 0.1) is 23.8 Å². The molecule has 0 spiro atoms. The summed E-state index contributed by atoms with van der Waals surface area (Å²) in [7, 11) is 0. The Balaban J connectivity index is 1.37. The molecule has 0 aliphatic rings. The van der Waals surface area contributed by atoms with E-state index in [0.29, 0.717) is 0 Å². The van der Waals surface area contributed by atoms with Gasteiger partial charge in [-0.15, -0.1) is 0 Å². The lowest BCUT2D eigenvalue weighted by molar-refractivity contribution is -0.146. The van der Waals surface area contributed by atoms with Gasteiger partial charge in [0.15, 0.2) is 5.82 Å². The normalized spacial score (nSPS) is 11.5. The number of amides is 2. The second-order valence-corrected chi connectivity index (χ2v) is 6.63. The van der Waals surface area contributed by atoms with Crippen LogP contribution in [0.15, 0.2) is 47.4 Å². The maximum absolute atomic E-state index is 13.4. The molecule has 2 amide bonds. The molecule has 0 radical (unpaired) electrons. The number of carbonyl (C=O) groups excluding carboxylic acids is 2. The molecule has 4 rings (SSSR count). The highest BCUT2D eigenvalue weighted by Crippen LogP contribution is 2.31. The lowest BCUT2D eigenvalue weighted by Gasteiger charge is -2.09. The molecule has 0 atom stereocenters. The summed E-state index contributed by atoms with van der Waals surface area (Å²) in [5.74, 6) is -2.88. The van der Waals surface area contributed by atoms with Gasteiger partial charge in [0.1, 0.15) is 5.69 Å². The van der Waals surface area contributed by atoms with E-state index in [-0.39, 0.29) is 35.6 Å². The van der Waals surface area contributed by atoms with Crippen LogP contribution in [0.2, 0.25) is 0 Å². The second kappa shape index (κ2) is 9.02. The molecule has 0 aliphatic carbocycles. The third-order valence-corrected chi connectivity index (χ3v) is 4.36. The van der Waals surface area contributed by atoms with E-state index in [1.807, 2.05) is 0 Å². The van der Waals surface area contributed by atoms with E-state index in [2.05, 4.69) is 35.7 Å². The summed E-state index contributed by atoms with van der Waals surface area (Å²) in [6.45, 7) is -0.286. The third kappa shape index (κ3) is 4.94. The number of carbonyl (C=O) groups is 2. The van der Waals surface area contributed by atoms with E-state index in [1.54, 1.807) is 12.1 Å². The Bertz CT molecular complexity index is 1290. The zero-order valence-electron chi connectivity index (χ0n) is 16.7. The van der Waals surface area contributed by atoms with Crippen molar-refractivity contribution in [2.45, 2.75) is 12.7 Å². The zero-order chi connectivity index (χ0) is 23.4. The van der Waals surface area contributed by atoms with Crippen molar-refractivity contribution in [3.05, 3.63) is 66.1 Å². The number of fused-ring (bicyclic) bond motifs is 1. The van der Waals surface area contributed by atoms with Gasteiger partial charge in [0.25, 0.3) is 5.91 Å². The van der Waals surface area contributed by atoms with Crippen LogP contribution < -0.4 is 10.6 Å². The minimum absolute atomic E-state index is 0.0347. The highest BCUT2D eigenvalue weighted by atomic mass is 19.4. The number of nitrogens with one attached hydrogen (secondary N) is 2. The number of imidazole rings is 1. The number of hydrogen-bond acceptors (Lipinski definition) is 8. The first-order valence-electron chi connectivity index (χ1n) is 9.50. The monoisotopic (exact) mass is 460 g/mol. The first-order chi connectivity index (χ1) is 15.8. The minimum atomic E-state index is -4.70. The Morgan fingerprint density at radius 1 is 1.03 bits per heavy atom. The van der Waals surface area contributed by atoms with Gasteiger partial charge in [-0.2, -0.15) is 18.2 Å². The van der Waals surface area contributed by atoms with E-state index in [0.717, 1.165) is 4.57 Å². The number of benzene rings is 1. The molecule has 4 aromatic rings. The van der Waals surface area contributed by atoms with Gasteiger partial charge in [0, 0.05) is 25.5 Å². The molecule has 2 N–H and O–H groups in total. The van der Waals surface area contributed by atoms with Crippen molar-refractivity contribution in [3.63, 3.8) is 0 Å². The van der Waals surface area contributed by atoms with Crippen molar-refractivity contribution in [1.82, 2.24) is 40.3 Å². The molecule has 0 fully saturated rings. The van der Waals surface area contributed by atoms with E-state index >= 15 is 0 Å². The average Bonchev–Trinajstić information content (AvgIpc) is 3.42. The van der Waals surface area contributed by atoms with Crippen LogP contribution in [0.25, 0.3) is 11.0 Å². The van der Waals surface area contributed by atoms with Gasteiger partial charge in [-0.3, -0.25) is 14.6 Å². The predicted molar refractivity (Wildman–Crippen MR) is 105 cm³/mol. The Hall–Kier alpha value is -4.36. The quantitative estimate of drug-likeness (QED) is 0.395. The van der Waals surface area contributed by atoms with Crippen molar-refractivity contribution in [2.24, 2.45) is 0 Å². The number of nitrogens with zero attached hydrogens (tertiary/aromatic N) is 6. The fourth-order valence-corrected chi connectivity index (χ4v) is 2.94. The van der Waals surface area contributed by atoms with E-state index in [9.17, 15) is 22.8 Å². The Labute approximate surface area is 183 Å². The van der Waals surface area contributed by atoms with Gasteiger partial charge in [-0.05, 0) is 12.1 Å². The highest BCUT2D eigenvalue weighted by molar-refractivity contribution is 5.92. The predicted octanol–water partition coefficient (Wildman–Crippen LogP) is 1.44. The summed E-state index contributed by atoms with van der Waals surface area (Å²) in [4.78, 5) is 39.1. The summed E-state index contributed by atoms with van der Waals surface area (Å²) in [6.07, 6.45) is -0.608. The van der Waals surface area contributed by atoms with Gasteiger partial charge in [-0.25, -0.2) is 9.97 Å². The number of hydrogen-bond donors (Lipinski definition) is 2. The fourth-order valence-electron chi connectivity index (χ4n) is 2.94. The van der Waals surface area contributed by atoms with E-state index in [4.69, 9.17) is 4.52 Å². The molecule has 0 bridgehead atoms. The van der Waals surface area contributed by atoms with Crippen LogP contribution in [0.4, 0.5) is 13.2 Å². The molecular formula is C19H15F3N8O3. The van der Waals surface area contributed by atoms with E-state index < -0.39 is 36.3 Å². The molecule has 3 aromatic heterocycles. The molecule has 0 saturated heterocycles. The number of rotatable bonds is 7. The first kappa shape index (κ1) is 21.9. The third-order valence-electron chi connectivity index (χ3n) is 4.36. The molecule has 14 heteroatoms. The van der Waals surface area contributed by atoms with Crippen molar-refractivity contribution < 1.29 is 27.3 Å². The number of halogens is 3. The van der Waals surface area contributed by atoms with Gasteiger partial charge < -0.3 is 19.7 Å². The van der Waals surface area contributed by atoms with Crippen LogP contribution in [-0.4, -0.2) is 54.6 Å². The number of para-hydroxylation sites is 2. The first-order valence-corrected chi connectivity index (χ1v) is 9.50. The maximum Gasteiger partial charge on any atom is 0.449 e. The van der Waals surface area contributed by atoms with Crippen LogP contribution in [0.1, 0.15) is 32.8 Å². The van der Waals surface area contributed by atoms with Crippen LogP contribution in [-0.2, 0) is 12.7 Å². The average molecular weight is 460 g/mol. The number of alkyl halides is 3. The smallest absolute Gasteiger partial charge is 0.349 e. The lowest BCUT2D eigenvalue weighted by Crippen LogP contribution is -2.35. The van der Waals surface area contributed by atoms with Crippen molar-refractivity contribution in [3.8, 4) is 0 Å². The number of aromatic nitrogens is 6. The Kier molecular flexibility index (Phi) is 5.97. The van der Waals surface area contributed by atoms with Gasteiger partial charge in [-0.1, -0.05) is 17.3 Å². The largest absolute Gasteiger partial charge is 0.449 e. The zero-order valence-corrected chi connectivity index (χ0v) is 16.7. The molecule has 0 aliphatic heterocycles. The van der Waals surface area contributed by atoms with Crippen LogP contribution in [0.3, 0.4) is 0 Å². The van der Waals surface area contributed by atoms with Crippen LogP contribution in [0, 0.1) is 0 Å². The Morgan fingerprint density at radius 3 is 2.52 bits per heavy atom. The van der Waals surface area contributed by atoms with Gasteiger partial charge in [0.2, 0.25) is 5.82 Å². The molecule has 3 heterocycles. The highest BCUT2D eigenvalue weighted by Gasteiger charge is 2.38. The standard InChI is InChI=1S/C19H15F3N8O3/c20-19(21,22)18-27-11-3-1-2-4-13(11)30(18)10-14-28-17(33-29-14)16(32)26-8-7-25-15(31)12-9-23-5-6-24-12/h1-6,9H,7-8,10H2,(H,25,31)(H,26,32). The lowest BCUT2D eigenvalue weighted by atomic mass is 10.3. The summed E-state index contributed by atoms with van der Waals surface area (Å²) >= 11 is 0. The van der Waals surface area contributed by atoms with Crippen molar-refractivity contribution >= 4 is 22.8 Å². The molecule has 1 aromatic carbocycles. The summed E-state index contributed by atoms with van der Waals surface area (Å²) < 4.78 is 46.0. The molecule has 0 saturated carbocycles. The summed E-state index contributed by atoms with van der Waals surface area (Å²) in [5.41, 5.74) is 0.518. The molecule has 170 valence electrons. The van der Waals surface area contributed by atoms with Crippen LogP contribution >= 0.6 is 0 Å². The Morgan fingerprint density at radius 2 is 1.79 bits per heavy atom. The molecule has 33 heavy (non-hydrogen) atoms. The summed E-state index contributed by atoms with van der Waals surface area (Å²) in [6, 6.07) is 6.10. The van der Waals surface area contributed by atoms with Gasteiger partial charge >= 0.3 is 18.0 Å². The SMILES string of the molecule is O=C(NCCNC(=O)c1nc(Cn2c(C(F)(F)F)nc3ccccc32)no1)c1cnccn1. The fraction of sp³-hybridized carbons (Fsp3) is 0.211. The maximum atomic E-state index is 13.4. The van der Waals surface area contributed by atoms with E-state index in [1.165, 1.54) is 30.7 Å². The summed E-state index contributed by atoms with van der Waals surface area (Å²) in [5, 5.41) is 8.59. The van der Waals surface area contributed by atoms with Crippen molar-refractivity contribution in [2.75, 3.05) is 13.1 Å².